The number of benzene rings is 3. The number of piperazine rings is 1. The van der Waals surface area contributed by atoms with Gasteiger partial charge in [-0.3, -0.25) is 9.69 Å². The molecular formula is C27H30N4O2. The predicted octanol–water partition coefficient (Wildman–Crippen LogP) is 3.50. The highest BCUT2D eigenvalue weighted by atomic mass is 16.5. The highest BCUT2D eigenvalue weighted by molar-refractivity contribution is 5.91. The predicted molar refractivity (Wildman–Crippen MR) is 130 cm³/mol. The molecule has 1 heterocycles. The van der Waals surface area contributed by atoms with Crippen molar-refractivity contribution in [2.75, 3.05) is 40.3 Å². The molecule has 6 heteroatoms. The van der Waals surface area contributed by atoms with Crippen LogP contribution in [0.25, 0.3) is 10.8 Å². The van der Waals surface area contributed by atoms with Crippen LogP contribution in [0.3, 0.4) is 0 Å². The molecule has 4 rings (SSSR count). The molecule has 1 atom stereocenters. The topological polar surface area (TPSA) is 68.6 Å². The number of ether oxygens (including phenoxy) is 1. The lowest BCUT2D eigenvalue weighted by molar-refractivity contribution is -0.135. The zero-order chi connectivity index (χ0) is 23.4. The van der Waals surface area contributed by atoms with Gasteiger partial charge in [0.15, 0.2) is 0 Å². The van der Waals surface area contributed by atoms with Gasteiger partial charge >= 0.3 is 0 Å². The van der Waals surface area contributed by atoms with Gasteiger partial charge in [0.1, 0.15) is 17.4 Å². The van der Waals surface area contributed by atoms with Gasteiger partial charge in [0.05, 0.1) is 12.7 Å². The number of amides is 1. The summed E-state index contributed by atoms with van der Waals surface area (Å²) in [5.74, 6) is 0.448. The molecule has 3 aromatic carbocycles. The summed E-state index contributed by atoms with van der Waals surface area (Å²) >= 11 is 0. The number of methoxy groups -OCH3 is 1. The summed E-state index contributed by atoms with van der Waals surface area (Å²) in [6.45, 7) is 5.73. The van der Waals surface area contributed by atoms with Gasteiger partial charge in [0, 0.05) is 38.3 Å². The van der Waals surface area contributed by atoms with E-state index in [-0.39, 0.29) is 12.5 Å². The molecule has 1 aliphatic rings. The second-order valence-corrected chi connectivity index (χ2v) is 8.68. The van der Waals surface area contributed by atoms with Crippen LogP contribution in [-0.4, -0.2) is 56.0 Å². The Bertz CT molecular complexity index is 1180. The van der Waals surface area contributed by atoms with Crippen molar-refractivity contribution in [3.63, 3.8) is 0 Å². The lowest BCUT2D eigenvalue weighted by Crippen LogP contribution is -2.59. The fourth-order valence-corrected chi connectivity index (χ4v) is 4.71. The number of hydrogen-bond acceptors (Lipinski definition) is 5. The average Bonchev–Trinajstić information content (AvgIpc) is 2.86. The molecule has 1 amide bonds. The first-order valence-electron chi connectivity index (χ1n) is 11.2. The Hall–Kier alpha value is -3.40. The van der Waals surface area contributed by atoms with Crippen molar-refractivity contribution in [2.24, 2.45) is 0 Å². The van der Waals surface area contributed by atoms with Crippen LogP contribution in [0.2, 0.25) is 0 Å². The first kappa shape index (κ1) is 22.8. The van der Waals surface area contributed by atoms with E-state index in [1.165, 1.54) is 0 Å². The maximum Gasteiger partial charge on any atom is 0.245 e. The summed E-state index contributed by atoms with van der Waals surface area (Å²) in [4.78, 5) is 18.4. The molecule has 3 aromatic rings. The molecule has 1 unspecified atom stereocenters. The SMILES string of the molecule is COc1c(C#N)cc2ccccc2c1CNC(=O)C(C)(c1ccccc1)N1CCN(C)CC1. The molecule has 33 heavy (non-hydrogen) atoms. The van der Waals surface area contributed by atoms with Crippen molar-refractivity contribution in [1.82, 2.24) is 15.1 Å². The summed E-state index contributed by atoms with van der Waals surface area (Å²) in [6, 6.07) is 21.9. The molecule has 170 valence electrons. The summed E-state index contributed by atoms with van der Waals surface area (Å²) in [5, 5.41) is 14.7. The molecular weight excluding hydrogens is 412 g/mol. The zero-order valence-electron chi connectivity index (χ0n) is 19.5. The van der Waals surface area contributed by atoms with Crippen molar-refractivity contribution in [3.8, 4) is 11.8 Å². The average molecular weight is 443 g/mol. The van der Waals surface area contributed by atoms with Crippen molar-refractivity contribution < 1.29 is 9.53 Å². The van der Waals surface area contributed by atoms with Gasteiger partial charge in [-0.05, 0) is 36.4 Å². The van der Waals surface area contributed by atoms with Crippen LogP contribution in [0.1, 0.15) is 23.6 Å². The lowest BCUT2D eigenvalue weighted by atomic mass is 9.88. The highest BCUT2D eigenvalue weighted by Crippen LogP contribution is 2.33. The second kappa shape index (κ2) is 9.62. The number of fused-ring (bicyclic) bond motifs is 1. The molecule has 0 saturated carbocycles. The van der Waals surface area contributed by atoms with Crippen LogP contribution in [0.5, 0.6) is 5.75 Å². The molecule has 1 fully saturated rings. The fraction of sp³-hybridized carbons (Fsp3) is 0.333. The largest absolute Gasteiger partial charge is 0.495 e. The molecule has 0 aromatic heterocycles. The molecule has 6 nitrogen and oxygen atoms in total. The van der Waals surface area contributed by atoms with E-state index >= 15 is 0 Å². The van der Waals surface area contributed by atoms with Crippen LogP contribution in [0, 0.1) is 11.3 Å². The number of carbonyl (C=O) groups excluding carboxylic acids is 1. The number of rotatable bonds is 6. The van der Waals surface area contributed by atoms with Gasteiger partial charge in [-0.25, -0.2) is 0 Å². The Kier molecular flexibility index (Phi) is 6.64. The van der Waals surface area contributed by atoms with E-state index in [2.05, 4.69) is 28.2 Å². The van der Waals surface area contributed by atoms with Crippen molar-refractivity contribution in [1.29, 1.82) is 5.26 Å². The van der Waals surface area contributed by atoms with Gasteiger partial charge in [0.2, 0.25) is 5.91 Å². The third-order valence-electron chi connectivity index (χ3n) is 6.77. The molecule has 0 bridgehead atoms. The first-order chi connectivity index (χ1) is 16.0. The summed E-state index contributed by atoms with van der Waals surface area (Å²) in [6.07, 6.45) is 0. The fourth-order valence-electron chi connectivity index (χ4n) is 4.71. The van der Waals surface area contributed by atoms with E-state index < -0.39 is 5.54 Å². The Labute approximate surface area is 195 Å². The van der Waals surface area contributed by atoms with Gasteiger partial charge in [-0.2, -0.15) is 5.26 Å². The molecule has 1 aliphatic heterocycles. The number of nitriles is 1. The summed E-state index contributed by atoms with van der Waals surface area (Å²) in [7, 11) is 3.67. The first-order valence-corrected chi connectivity index (χ1v) is 11.2. The van der Waals surface area contributed by atoms with E-state index in [0.717, 1.165) is 48.1 Å². The molecule has 1 saturated heterocycles. The highest BCUT2D eigenvalue weighted by Gasteiger charge is 2.42. The van der Waals surface area contributed by atoms with Gasteiger partial charge < -0.3 is 15.0 Å². The maximum atomic E-state index is 13.8. The molecule has 0 aliphatic carbocycles. The minimum absolute atomic E-state index is 0.0632. The van der Waals surface area contributed by atoms with E-state index in [9.17, 15) is 10.1 Å². The molecule has 0 radical (unpaired) electrons. The maximum absolute atomic E-state index is 13.8. The standard InChI is InChI=1S/C27H30N4O2/c1-27(22-10-5-4-6-11-22,31-15-13-30(2)14-16-31)26(32)29-19-24-23-12-8-7-9-20(23)17-21(18-28)25(24)33-3/h4-12,17H,13-16,19H2,1-3H3,(H,29,32). The van der Waals surface area contributed by atoms with E-state index in [4.69, 9.17) is 4.74 Å². The Morgan fingerprint density at radius 1 is 1.09 bits per heavy atom. The summed E-state index contributed by atoms with van der Waals surface area (Å²) in [5.41, 5.74) is 1.44. The Morgan fingerprint density at radius 2 is 1.76 bits per heavy atom. The smallest absolute Gasteiger partial charge is 0.245 e. The number of hydrogen-bond donors (Lipinski definition) is 1. The minimum Gasteiger partial charge on any atom is -0.495 e. The molecule has 1 N–H and O–H groups in total. The van der Waals surface area contributed by atoms with Crippen molar-refractivity contribution in [2.45, 2.75) is 19.0 Å². The Morgan fingerprint density at radius 3 is 2.42 bits per heavy atom. The number of carbonyl (C=O) groups is 1. The van der Waals surface area contributed by atoms with Crippen molar-refractivity contribution in [3.05, 3.63) is 77.4 Å². The Balaban J connectivity index is 1.69. The van der Waals surface area contributed by atoms with Crippen LogP contribution in [0.4, 0.5) is 0 Å². The number of likely N-dealkylation sites (N-methyl/N-ethyl adjacent to an activating group) is 1. The minimum atomic E-state index is -0.807. The van der Waals surface area contributed by atoms with E-state index in [0.29, 0.717) is 11.3 Å². The lowest BCUT2D eigenvalue weighted by Gasteiger charge is -2.44. The van der Waals surface area contributed by atoms with E-state index in [1.54, 1.807) is 7.11 Å². The molecule has 0 spiro atoms. The zero-order valence-corrected chi connectivity index (χ0v) is 19.5. The number of nitrogens with one attached hydrogen (secondary N) is 1. The third kappa shape index (κ3) is 4.30. The quantitative estimate of drug-likeness (QED) is 0.633. The number of nitrogens with zero attached hydrogens (tertiary/aromatic N) is 3. The third-order valence-corrected chi connectivity index (χ3v) is 6.77. The normalized spacial score (nSPS) is 16.7. The van der Waals surface area contributed by atoms with Crippen LogP contribution >= 0.6 is 0 Å². The van der Waals surface area contributed by atoms with E-state index in [1.807, 2.05) is 67.6 Å². The van der Waals surface area contributed by atoms with Crippen LogP contribution < -0.4 is 10.1 Å². The van der Waals surface area contributed by atoms with Gasteiger partial charge in [-0.1, -0.05) is 54.6 Å². The summed E-state index contributed by atoms with van der Waals surface area (Å²) < 4.78 is 5.62. The monoisotopic (exact) mass is 442 g/mol. The van der Waals surface area contributed by atoms with Gasteiger partial charge in [0.25, 0.3) is 0 Å². The second-order valence-electron chi connectivity index (χ2n) is 8.68. The van der Waals surface area contributed by atoms with Crippen LogP contribution in [-0.2, 0) is 16.9 Å². The van der Waals surface area contributed by atoms with Crippen LogP contribution in [0.15, 0.2) is 60.7 Å². The van der Waals surface area contributed by atoms with Crippen molar-refractivity contribution >= 4 is 16.7 Å². The van der Waals surface area contributed by atoms with Gasteiger partial charge in [-0.15, -0.1) is 0 Å².